The van der Waals surface area contributed by atoms with E-state index in [0.29, 0.717) is 22.5 Å². The van der Waals surface area contributed by atoms with Crippen molar-refractivity contribution in [1.29, 1.82) is 0 Å². The van der Waals surface area contributed by atoms with Gasteiger partial charge in [-0.25, -0.2) is 41.9 Å². The van der Waals surface area contributed by atoms with E-state index in [1.807, 2.05) is 24.3 Å². The standard InChI is InChI=1S/2C18H30F2NSi.2C5H5.Ti/c2*1-5-7-9-11-16(10-8-6-2)22(3,4)21-18-13-12-15(19)14-17(18)20;2*1-2-4-5-3-1;/h2*12-13,16,21H,5-11H2,1-4H3;2*1-3H,4H2;/q4*-1;+4. The summed E-state index contributed by atoms with van der Waals surface area (Å²) in [6.07, 6.45) is 37.0. The van der Waals surface area contributed by atoms with Crippen LogP contribution in [0, 0.1) is 47.6 Å². The van der Waals surface area contributed by atoms with E-state index in [1.54, 1.807) is 0 Å². The van der Waals surface area contributed by atoms with Gasteiger partial charge in [-0.3, -0.25) is 12.2 Å². The monoisotopic (exact) mass is 830 g/mol. The molecule has 0 aromatic heterocycles. The van der Waals surface area contributed by atoms with Crippen LogP contribution in [0.1, 0.15) is 130 Å². The largest absolute Gasteiger partial charge is 4.00 e. The van der Waals surface area contributed by atoms with E-state index in [-0.39, 0.29) is 21.7 Å². The van der Waals surface area contributed by atoms with Gasteiger partial charge in [0.25, 0.3) is 0 Å². The molecule has 9 heteroatoms. The number of halogens is 4. The van der Waals surface area contributed by atoms with Crippen LogP contribution in [0.2, 0.25) is 37.3 Å². The van der Waals surface area contributed by atoms with Crippen LogP contribution in [0.5, 0.6) is 0 Å². The van der Waals surface area contributed by atoms with Gasteiger partial charge in [0.15, 0.2) is 0 Å². The summed E-state index contributed by atoms with van der Waals surface area (Å²) in [7, 11) is -3.68. The van der Waals surface area contributed by atoms with Gasteiger partial charge in [0.2, 0.25) is 0 Å². The van der Waals surface area contributed by atoms with Crippen molar-refractivity contribution in [2.24, 2.45) is 0 Å². The first-order chi connectivity index (χ1) is 25.8. The first kappa shape index (κ1) is 52.9. The average molecular weight is 831 g/mol. The van der Waals surface area contributed by atoms with Crippen LogP contribution in [0.15, 0.2) is 60.7 Å². The van der Waals surface area contributed by atoms with E-state index in [4.69, 9.17) is 0 Å². The van der Waals surface area contributed by atoms with Gasteiger partial charge in [-0.2, -0.15) is 12.2 Å². The molecule has 304 valence electrons. The molecule has 0 saturated heterocycles. The minimum Gasteiger partial charge on any atom is -0.462 e. The molecule has 2 unspecified atom stereocenters. The SMILES string of the molecule is CCCCCC(CCCC)[Si](C)(C)Nc1ccc(F)[c-]c1F.CCCCCC(CCCC)[Si](C)(C)Nc1ccc(F)[c-]c1F.[C-]1=CC=CC1.[C-]1=CC=CC1.[Ti+4]. The van der Waals surface area contributed by atoms with Crippen LogP contribution in [0.4, 0.5) is 28.9 Å². The van der Waals surface area contributed by atoms with Crippen molar-refractivity contribution in [2.75, 3.05) is 9.96 Å². The maximum Gasteiger partial charge on any atom is 4.00 e. The Hall–Kier alpha value is -2.13. The molecule has 55 heavy (non-hydrogen) atoms. The zero-order chi connectivity index (χ0) is 40.2. The van der Waals surface area contributed by atoms with Crippen molar-refractivity contribution in [3.05, 3.63) is 108 Å². The summed E-state index contributed by atoms with van der Waals surface area (Å²) in [6, 6.07) is 9.79. The second kappa shape index (κ2) is 30.9. The first-order valence-corrected chi connectivity index (χ1v) is 26.7. The van der Waals surface area contributed by atoms with E-state index in [9.17, 15) is 17.6 Å². The molecule has 0 heterocycles. The quantitative estimate of drug-likeness (QED) is 0.0601. The van der Waals surface area contributed by atoms with E-state index in [2.05, 4.69) is 100 Å². The Morgan fingerprint density at radius 2 is 0.891 bits per heavy atom. The summed E-state index contributed by atoms with van der Waals surface area (Å²) >= 11 is 0. The predicted octanol–water partition coefficient (Wildman–Crippen LogP) is 15.7. The van der Waals surface area contributed by atoms with Gasteiger partial charge in [0.05, 0.1) is 0 Å². The summed E-state index contributed by atoms with van der Waals surface area (Å²) in [4.78, 5) is 6.83. The Bertz CT molecular complexity index is 1280. The van der Waals surface area contributed by atoms with E-state index < -0.39 is 39.7 Å². The van der Waals surface area contributed by atoms with Crippen molar-refractivity contribution in [3.63, 3.8) is 0 Å². The molecule has 2 atom stereocenters. The van der Waals surface area contributed by atoms with Gasteiger partial charge in [0.1, 0.15) is 16.5 Å². The topological polar surface area (TPSA) is 24.1 Å². The second-order valence-electron chi connectivity index (χ2n) is 15.4. The molecule has 2 aromatic rings. The predicted molar refractivity (Wildman–Crippen MR) is 231 cm³/mol. The maximum absolute atomic E-state index is 13.9. The molecule has 2 aliphatic carbocycles. The Morgan fingerprint density at radius 1 is 0.545 bits per heavy atom. The van der Waals surface area contributed by atoms with Gasteiger partial charge in [-0.15, -0.1) is 49.2 Å². The van der Waals surface area contributed by atoms with Crippen molar-refractivity contribution in [3.8, 4) is 0 Å². The molecule has 0 spiro atoms. The number of anilines is 2. The summed E-state index contributed by atoms with van der Waals surface area (Å²) in [5.41, 5.74) is 2.03. The van der Waals surface area contributed by atoms with Gasteiger partial charge in [-0.05, 0) is 22.5 Å². The molecule has 0 amide bonds. The van der Waals surface area contributed by atoms with Crippen molar-refractivity contribution in [1.82, 2.24) is 0 Å². The van der Waals surface area contributed by atoms with Crippen molar-refractivity contribution >= 4 is 27.8 Å². The minimum absolute atomic E-state index is 0. The molecule has 0 fully saturated rings. The van der Waals surface area contributed by atoms with Crippen molar-refractivity contribution in [2.45, 2.75) is 168 Å². The number of nitrogens with one attached hydrogen (secondary N) is 2. The molecule has 2 N–H and O–H groups in total. The summed E-state index contributed by atoms with van der Waals surface area (Å²) in [5, 5.41) is 0. The van der Waals surface area contributed by atoms with Crippen LogP contribution < -0.4 is 9.96 Å². The van der Waals surface area contributed by atoms with Crippen LogP contribution in [-0.4, -0.2) is 16.5 Å². The van der Waals surface area contributed by atoms with E-state index >= 15 is 0 Å². The smallest absolute Gasteiger partial charge is 0.462 e. The van der Waals surface area contributed by atoms with Gasteiger partial charge in [-0.1, -0.05) is 144 Å². The number of benzene rings is 2. The Kier molecular flexibility index (Phi) is 29.7. The molecule has 0 saturated carbocycles. The zero-order valence-corrected chi connectivity index (χ0v) is 38.8. The number of unbranched alkanes of at least 4 members (excludes halogenated alkanes) is 6. The molecule has 4 rings (SSSR count). The van der Waals surface area contributed by atoms with Crippen LogP contribution in [-0.2, 0) is 21.7 Å². The third kappa shape index (κ3) is 23.6. The molecule has 0 aliphatic heterocycles. The number of hydrogen-bond acceptors (Lipinski definition) is 2. The van der Waals surface area contributed by atoms with Gasteiger partial charge in [0, 0.05) is 23.3 Å². The zero-order valence-electron chi connectivity index (χ0n) is 35.3. The summed E-state index contributed by atoms with van der Waals surface area (Å²) in [5.74, 6) is -2.51. The maximum atomic E-state index is 13.9. The fraction of sp³-hybridized carbons (Fsp3) is 0.565. The van der Waals surface area contributed by atoms with Crippen LogP contribution in [0.3, 0.4) is 0 Å². The molecule has 0 radical (unpaired) electrons. The molecule has 2 aliphatic rings. The van der Waals surface area contributed by atoms with Gasteiger partial charge < -0.3 is 9.96 Å². The van der Waals surface area contributed by atoms with Crippen LogP contribution >= 0.6 is 0 Å². The van der Waals surface area contributed by atoms with E-state index in [1.165, 1.54) is 114 Å². The Morgan fingerprint density at radius 3 is 1.15 bits per heavy atom. The normalized spacial score (nSPS) is 13.7. The molecular weight excluding hydrogens is 761 g/mol. The molecule has 2 aromatic carbocycles. The number of hydrogen-bond donors (Lipinski definition) is 2. The molecule has 0 bridgehead atoms. The third-order valence-corrected chi connectivity index (χ3v) is 17.0. The van der Waals surface area contributed by atoms with Gasteiger partial charge >= 0.3 is 21.7 Å². The summed E-state index contributed by atoms with van der Waals surface area (Å²) < 4.78 is 53.7. The second-order valence-corrected chi connectivity index (χ2v) is 24.5. The first-order valence-electron chi connectivity index (χ1n) is 20.6. The summed E-state index contributed by atoms with van der Waals surface area (Å²) in [6.45, 7) is 17.9. The average Bonchev–Trinajstić information content (AvgIpc) is 3.91. The number of allylic oxidation sites excluding steroid dienone is 8. The van der Waals surface area contributed by atoms with Crippen LogP contribution in [0.25, 0.3) is 0 Å². The Balaban J connectivity index is 0.000000828. The molecule has 2 nitrogen and oxygen atoms in total. The fourth-order valence-electron chi connectivity index (χ4n) is 6.57. The van der Waals surface area contributed by atoms with E-state index in [0.717, 1.165) is 12.8 Å². The third-order valence-electron chi connectivity index (χ3n) is 9.98. The Labute approximate surface area is 351 Å². The fourth-order valence-corrected chi connectivity index (χ4v) is 12.5. The minimum atomic E-state index is -1.84. The molecular formula is C46H70F4N2Si2Ti. The number of rotatable bonds is 20. The van der Waals surface area contributed by atoms with Crippen molar-refractivity contribution < 1.29 is 39.3 Å².